The van der Waals surface area contributed by atoms with Crippen LogP contribution in [0.4, 0.5) is 4.79 Å². The number of nitrogens with zero attached hydrogens (tertiary/aromatic N) is 1. The van der Waals surface area contributed by atoms with Crippen molar-refractivity contribution in [2.45, 2.75) is 19.4 Å². The van der Waals surface area contributed by atoms with Gasteiger partial charge in [0.2, 0.25) is 0 Å². The minimum atomic E-state index is -0.852. The normalized spacial score (nSPS) is 18.3. The van der Waals surface area contributed by atoms with Crippen LogP contribution in [0.2, 0.25) is 0 Å². The number of carbonyl (C=O) groups is 2. The first-order valence-electron chi connectivity index (χ1n) is 6.70. The van der Waals surface area contributed by atoms with Crippen molar-refractivity contribution in [1.29, 1.82) is 0 Å². The van der Waals surface area contributed by atoms with E-state index in [2.05, 4.69) is 21.2 Å². The Morgan fingerprint density at radius 1 is 1.43 bits per heavy atom. The Bertz CT molecular complexity index is 550. The van der Waals surface area contributed by atoms with Crippen LogP contribution >= 0.6 is 15.9 Å². The number of phenols is 1. The standard InChI is InChI=1S/C14H17BrN2O4/c15-11-6-9(3-4-12(11)18)7-16-14(21)17-5-1-2-10(8-17)13(19)20/h3-4,6,10,18H,1-2,5,7-8H2,(H,16,21)(H,19,20). The summed E-state index contributed by atoms with van der Waals surface area (Å²) in [7, 11) is 0. The predicted molar refractivity (Wildman–Crippen MR) is 80.0 cm³/mol. The van der Waals surface area contributed by atoms with Gasteiger partial charge in [0.1, 0.15) is 5.75 Å². The van der Waals surface area contributed by atoms with E-state index in [0.29, 0.717) is 30.4 Å². The zero-order valence-electron chi connectivity index (χ0n) is 11.4. The van der Waals surface area contributed by atoms with Crippen LogP contribution in [-0.4, -0.2) is 40.2 Å². The smallest absolute Gasteiger partial charge is 0.317 e. The fourth-order valence-corrected chi connectivity index (χ4v) is 2.74. The van der Waals surface area contributed by atoms with Gasteiger partial charge in [0.25, 0.3) is 0 Å². The average Bonchev–Trinajstić information content (AvgIpc) is 2.48. The second-order valence-corrected chi connectivity index (χ2v) is 5.92. The Hall–Kier alpha value is -1.76. The van der Waals surface area contributed by atoms with Gasteiger partial charge in [-0.2, -0.15) is 0 Å². The quantitative estimate of drug-likeness (QED) is 0.773. The molecule has 0 bridgehead atoms. The van der Waals surface area contributed by atoms with Crippen LogP contribution in [0, 0.1) is 5.92 Å². The number of hydrogen-bond acceptors (Lipinski definition) is 3. The Labute approximate surface area is 130 Å². The van der Waals surface area contributed by atoms with Gasteiger partial charge < -0.3 is 20.4 Å². The third-order valence-electron chi connectivity index (χ3n) is 3.51. The van der Waals surface area contributed by atoms with Gasteiger partial charge in [-0.05, 0) is 46.5 Å². The molecule has 0 aliphatic carbocycles. The number of phenolic OH excluding ortho intramolecular Hbond substituents is 1. The number of carboxylic acids is 1. The summed E-state index contributed by atoms with van der Waals surface area (Å²) in [4.78, 5) is 24.6. The number of piperidine rings is 1. The number of urea groups is 1. The van der Waals surface area contributed by atoms with Crippen LogP contribution < -0.4 is 5.32 Å². The number of likely N-dealkylation sites (tertiary alicyclic amines) is 1. The van der Waals surface area contributed by atoms with E-state index in [-0.39, 0.29) is 18.3 Å². The third kappa shape index (κ3) is 4.10. The Morgan fingerprint density at radius 2 is 2.19 bits per heavy atom. The van der Waals surface area contributed by atoms with Crippen molar-refractivity contribution in [2.75, 3.05) is 13.1 Å². The second-order valence-electron chi connectivity index (χ2n) is 5.07. The highest BCUT2D eigenvalue weighted by Crippen LogP contribution is 2.24. The van der Waals surface area contributed by atoms with E-state index in [4.69, 9.17) is 5.11 Å². The number of halogens is 1. The number of aromatic hydroxyl groups is 1. The zero-order valence-corrected chi connectivity index (χ0v) is 13.0. The molecule has 1 saturated heterocycles. The number of benzene rings is 1. The summed E-state index contributed by atoms with van der Waals surface area (Å²) in [6.45, 7) is 1.15. The molecule has 1 aromatic carbocycles. The number of carboxylic acid groups (broad SMARTS) is 1. The molecule has 0 spiro atoms. The summed E-state index contributed by atoms with van der Waals surface area (Å²) in [5, 5.41) is 21.2. The van der Waals surface area contributed by atoms with E-state index < -0.39 is 11.9 Å². The van der Waals surface area contributed by atoms with E-state index >= 15 is 0 Å². The van der Waals surface area contributed by atoms with Gasteiger partial charge in [0.05, 0.1) is 10.4 Å². The van der Waals surface area contributed by atoms with E-state index in [1.54, 1.807) is 18.2 Å². The maximum atomic E-state index is 12.1. The minimum absolute atomic E-state index is 0.144. The molecular weight excluding hydrogens is 340 g/mol. The zero-order chi connectivity index (χ0) is 15.4. The Balaban J connectivity index is 1.89. The number of carbonyl (C=O) groups excluding carboxylic acids is 1. The first kappa shape index (κ1) is 15.6. The Morgan fingerprint density at radius 3 is 2.86 bits per heavy atom. The lowest BCUT2D eigenvalue weighted by molar-refractivity contribution is -0.143. The monoisotopic (exact) mass is 356 g/mol. The molecule has 1 heterocycles. The van der Waals surface area contributed by atoms with Crippen LogP contribution in [0.25, 0.3) is 0 Å². The van der Waals surface area contributed by atoms with Gasteiger partial charge in [-0.25, -0.2) is 4.79 Å². The molecule has 0 saturated carbocycles. The molecule has 1 atom stereocenters. The maximum absolute atomic E-state index is 12.1. The molecule has 1 aromatic rings. The first-order valence-corrected chi connectivity index (χ1v) is 7.49. The predicted octanol–water partition coefficient (Wildman–Crippen LogP) is 2.16. The molecule has 21 heavy (non-hydrogen) atoms. The van der Waals surface area contributed by atoms with E-state index in [1.807, 2.05) is 0 Å². The second kappa shape index (κ2) is 6.80. The molecule has 1 unspecified atom stereocenters. The fourth-order valence-electron chi connectivity index (χ4n) is 2.31. The van der Waals surface area contributed by atoms with Gasteiger partial charge in [0.15, 0.2) is 0 Å². The first-order chi connectivity index (χ1) is 9.97. The minimum Gasteiger partial charge on any atom is -0.507 e. The molecule has 7 heteroatoms. The van der Waals surface area contributed by atoms with E-state index in [1.165, 1.54) is 4.90 Å². The number of amides is 2. The molecule has 2 amide bonds. The lowest BCUT2D eigenvalue weighted by atomic mass is 9.99. The van der Waals surface area contributed by atoms with Crippen molar-refractivity contribution >= 4 is 27.9 Å². The van der Waals surface area contributed by atoms with Crippen LogP contribution in [0.15, 0.2) is 22.7 Å². The van der Waals surface area contributed by atoms with Crippen LogP contribution in [0.1, 0.15) is 18.4 Å². The summed E-state index contributed by atoms with van der Waals surface area (Å²) in [6.07, 6.45) is 1.32. The molecule has 0 radical (unpaired) electrons. The molecule has 6 nitrogen and oxygen atoms in total. The van der Waals surface area contributed by atoms with Crippen LogP contribution in [-0.2, 0) is 11.3 Å². The molecule has 1 aliphatic rings. The average molecular weight is 357 g/mol. The van der Waals surface area contributed by atoms with Crippen LogP contribution in [0.5, 0.6) is 5.75 Å². The summed E-state index contributed by atoms with van der Waals surface area (Å²) in [6, 6.07) is 4.74. The SMILES string of the molecule is O=C(O)C1CCCN(C(=O)NCc2ccc(O)c(Br)c2)C1. The molecule has 0 aromatic heterocycles. The Kier molecular flexibility index (Phi) is 5.06. The number of hydrogen-bond donors (Lipinski definition) is 3. The number of rotatable bonds is 3. The van der Waals surface area contributed by atoms with Crippen LogP contribution in [0.3, 0.4) is 0 Å². The summed E-state index contributed by atoms with van der Waals surface area (Å²) in [5.74, 6) is -1.19. The van der Waals surface area contributed by atoms with Crippen molar-refractivity contribution in [3.63, 3.8) is 0 Å². The highest BCUT2D eigenvalue weighted by atomic mass is 79.9. The largest absolute Gasteiger partial charge is 0.507 e. The molecule has 2 rings (SSSR count). The van der Waals surface area contributed by atoms with Gasteiger partial charge in [-0.1, -0.05) is 6.07 Å². The highest BCUT2D eigenvalue weighted by molar-refractivity contribution is 9.10. The third-order valence-corrected chi connectivity index (χ3v) is 4.15. The lowest BCUT2D eigenvalue weighted by Crippen LogP contribution is -2.46. The highest BCUT2D eigenvalue weighted by Gasteiger charge is 2.27. The molecular formula is C14H17BrN2O4. The number of nitrogens with one attached hydrogen (secondary N) is 1. The van der Waals surface area contributed by atoms with Gasteiger partial charge in [0, 0.05) is 19.6 Å². The lowest BCUT2D eigenvalue weighted by Gasteiger charge is -2.30. The van der Waals surface area contributed by atoms with Crippen molar-refractivity contribution in [3.05, 3.63) is 28.2 Å². The van der Waals surface area contributed by atoms with E-state index in [9.17, 15) is 14.7 Å². The topological polar surface area (TPSA) is 89.9 Å². The molecule has 114 valence electrons. The molecule has 1 aliphatic heterocycles. The fraction of sp³-hybridized carbons (Fsp3) is 0.429. The van der Waals surface area contributed by atoms with Gasteiger partial charge in [-0.15, -0.1) is 0 Å². The van der Waals surface area contributed by atoms with Crippen molar-refractivity contribution in [2.24, 2.45) is 5.92 Å². The van der Waals surface area contributed by atoms with Gasteiger partial charge >= 0.3 is 12.0 Å². The molecule has 1 fully saturated rings. The summed E-state index contributed by atoms with van der Waals surface area (Å²) in [5.41, 5.74) is 0.847. The van der Waals surface area contributed by atoms with Gasteiger partial charge in [-0.3, -0.25) is 4.79 Å². The van der Waals surface area contributed by atoms with Crippen molar-refractivity contribution < 1.29 is 19.8 Å². The summed E-state index contributed by atoms with van der Waals surface area (Å²) < 4.78 is 0.568. The van der Waals surface area contributed by atoms with Crippen molar-refractivity contribution in [3.8, 4) is 5.75 Å². The maximum Gasteiger partial charge on any atom is 0.317 e. The number of aliphatic carboxylic acids is 1. The molecule has 3 N–H and O–H groups in total. The van der Waals surface area contributed by atoms with E-state index in [0.717, 1.165) is 5.56 Å². The summed E-state index contributed by atoms with van der Waals surface area (Å²) >= 11 is 3.22. The van der Waals surface area contributed by atoms with Crippen molar-refractivity contribution in [1.82, 2.24) is 10.2 Å².